The van der Waals surface area contributed by atoms with E-state index >= 15 is 0 Å². The molecule has 1 N–H and O–H groups in total. The van der Waals surface area contributed by atoms with Crippen molar-refractivity contribution in [2.24, 2.45) is 0 Å². The summed E-state index contributed by atoms with van der Waals surface area (Å²) < 4.78 is 27.5. The fourth-order valence-corrected chi connectivity index (χ4v) is 2.25. The van der Waals surface area contributed by atoms with E-state index in [0.717, 1.165) is 11.4 Å². The molecular weight excluding hydrogens is 238 g/mol. The van der Waals surface area contributed by atoms with Crippen LogP contribution >= 0.6 is 0 Å². The molecule has 0 fully saturated rings. The van der Waals surface area contributed by atoms with Crippen molar-refractivity contribution in [3.05, 3.63) is 24.3 Å². The van der Waals surface area contributed by atoms with E-state index in [1.807, 2.05) is 24.3 Å². The van der Waals surface area contributed by atoms with E-state index in [1.54, 1.807) is 14.0 Å². The maximum absolute atomic E-state index is 11.2. The molecular formula is C12H19NO3S. The number of methoxy groups -OCH3 is 1. The van der Waals surface area contributed by atoms with Crippen molar-refractivity contribution in [2.45, 2.75) is 13.3 Å². The molecule has 0 aromatic heterocycles. The summed E-state index contributed by atoms with van der Waals surface area (Å²) in [7, 11) is -1.22. The van der Waals surface area contributed by atoms with Crippen LogP contribution in [0.1, 0.15) is 13.3 Å². The van der Waals surface area contributed by atoms with E-state index in [2.05, 4.69) is 5.32 Å². The third kappa shape index (κ3) is 5.08. The van der Waals surface area contributed by atoms with Gasteiger partial charge in [0.2, 0.25) is 0 Å². The van der Waals surface area contributed by atoms with Gasteiger partial charge >= 0.3 is 0 Å². The summed E-state index contributed by atoms with van der Waals surface area (Å²) in [6.45, 7) is 2.33. The normalized spacial score (nSPS) is 11.2. The summed E-state index contributed by atoms with van der Waals surface area (Å²) in [5.41, 5.74) is 0.972. The maximum Gasteiger partial charge on any atom is 0.150 e. The highest BCUT2D eigenvalue weighted by Crippen LogP contribution is 2.14. The average Bonchev–Trinajstić information content (AvgIpc) is 2.35. The van der Waals surface area contributed by atoms with Crippen molar-refractivity contribution < 1.29 is 13.2 Å². The summed E-state index contributed by atoms with van der Waals surface area (Å²) in [6.07, 6.45) is 0.627. The number of anilines is 1. The molecule has 1 rings (SSSR count). The molecule has 4 nitrogen and oxygen atoms in total. The van der Waals surface area contributed by atoms with Crippen LogP contribution in [-0.4, -0.2) is 33.6 Å². The minimum absolute atomic E-state index is 0.218. The van der Waals surface area contributed by atoms with Gasteiger partial charge in [-0.1, -0.05) is 6.92 Å². The molecule has 0 aliphatic heterocycles. The highest BCUT2D eigenvalue weighted by molar-refractivity contribution is 7.91. The van der Waals surface area contributed by atoms with Crippen LogP contribution in [0.15, 0.2) is 24.3 Å². The van der Waals surface area contributed by atoms with Gasteiger partial charge < -0.3 is 10.1 Å². The third-order valence-electron chi connectivity index (χ3n) is 2.49. The second-order valence-corrected chi connectivity index (χ2v) is 6.22. The van der Waals surface area contributed by atoms with Gasteiger partial charge in [-0.3, -0.25) is 0 Å². The minimum atomic E-state index is -2.84. The van der Waals surface area contributed by atoms with Gasteiger partial charge in [0.15, 0.2) is 0 Å². The molecule has 0 aliphatic carbocycles. The Labute approximate surface area is 103 Å². The zero-order valence-electron chi connectivity index (χ0n) is 10.3. The first-order valence-corrected chi connectivity index (χ1v) is 7.48. The van der Waals surface area contributed by atoms with Crippen LogP contribution in [0.4, 0.5) is 5.69 Å². The SMILES string of the molecule is CCS(=O)(=O)CCCNc1ccc(OC)cc1. The number of benzene rings is 1. The molecule has 17 heavy (non-hydrogen) atoms. The fraction of sp³-hybridized carbons (Fsp3) is 0.500. The Bertz CT molecular complexity index is 426. The van der Waals surface area contributed by atoms with Crippen LogP contribution in [0.5, 0.6) is 5.75 Å². The Kier molecular flexibility index (Phi) is 5.28. The van der Waals surface area contributed by atoms with Crippen molar-refractivity contribution in [3.63, 3.8) is 0 Å². The van der Waals surface area contributed by atoms with Crippen LogP contribution in [0.2, 0.25) is 0 Å². The molecule has 0 aliphatic rings. The lowest BCUT2D eigenvalue weighted by Crippen LogP contribution is -2.12. The Morgan fingerprint density at radius 3 is 2.41 bits per heavy atom. The first-order valence-electron chi connectivity index (χ1n) is 5.66. The van der Waals surface area contributed by atoms with Gasteiger partial charge in [0.1, 0.15) is 15.6 Å². The van der Waals surface area contributed by atoms with E-state index in [-0.39, 0.29) is 11.5 Å². The van der Waals surface area contributed by atoms with E-state index in [0.29, 0.717) is 13.0 Å². The number of nitrogens with one attached hydrogen (secondary N) is 1. The van der Waals surface area contributed by atoms with Crippen molar-refractivity contribution >= 4 is 15.5 Å². The van der Waals surface area contributed by atoms with Gasteiger partial charge in [0.25, 0.3) is 0 Å². The Morgan fingerprint density at radius 2 is 1.88 bits per heavy atom. The van der Waals surface area contributed by atoms with Gasteiger partial charge in [-0.2, -0.15) is 0 Å². The van der Waals surface area contributed by atoms with Gasteiger partial charge in [0.05, 0.1) is 12.9 Å². The van der Waals surface area contributed by atoms with E-state index in [4.69, 9.17) is 4.74 Å². The van der Waals surface area contributed by atoms with E-state index in [9.17, 15) is 8.42 Å². The van der Waals surface area contributed by atoms with E-state index in [1.165, 1.54) is 0 Å². The molecule has 0 saturated heterocycles. The fourth-order valence-electron chi connectivity index (χ4n) is 1.38. The molecule has 0 amide bonds. The molecule has 0 saturated carbocycles. The maximum atomic E-state index is 11.2. The van der Waals surface area contributed by atoms with Gasteiger partial charge in [-0.25, -0.2) is 8.42 Å². The van der Waals surface area contributed by atoms with Crippen LogP contribution in [0.25, 0.3) is 0 Å². The lowest BCUT2D eigenvalue weighted by Gasteiger charge is -2.07. The quantitative estimate of drug-likeness (QED) is 0.758. The third-order valence-corrected chi connectivity index (χ3v) is 4.28. The first-order chi connectivity index (χ1) is 8.07. The van der Waals surface area contributed by atoms with Gasteiger partial charge in [0, 0.05) is 18.0 Å². The predicted molar refractivity (Wildman–Crippen MR) is 70.4 cm³/mol. The number of sulfone groups is 1. The summed E-state index contributed by atoms with van der Waals surface area (Å²) in [5.74, 6) is 1.27. The van der Waals surface area contributed by atoms with Crippen LogP contribution < -0.4 is 10.1 Å². The molecule has 96 valence electrons. The Morgan fingerprint density at radius 1 is 1.24 bits per heavy atom. The van der Waals surface area contributed by atoms with Gasteiger partial charge in [-0.05, 0) is 30.7 Å². The zero-order valence-corrected chi connectivity index (χ0v) is 11.1. The standard InChI is InChI=1S/C12H19NO3S/c1-3-17(14,15)10-4-9-13-11-5-7-12(16-2)8-6-11/h5-8,13H,3-4,9-10H2,1-2H3. The summed E-state index contributed by atoms with van der Waals surface area (Å²) >= 11 is 0. The van der Waals surface area contributed by atoms with Crippen molar-refractivity contribution in [1.82, 2.24) is 0 Å². The second-order valence-electron chi connectivity index (χ2n) is 3.75. The Hall–Kier alpha value is -1.23. The highest BCUT2D eigenvalue weighted by Gasteiger charge is 2.05. The second kappa shape index (κ2) is 6.49. The summed E-state index contributed by atoms with van der Waals surface area (Å²) in [5, 5.41) is 3.17. The Balaban J connectivity index is 2.31. The van der Waals surface area contributed by atoms with Crippen LogP contribution in [-0.2, 0) is 9.84 Å². The van der Waals surface area contributed by atoms with Crippen LogP contribution in [0, 0.1) is 0 Å². The lowest BCUT2D eigenvalue weighted by atomic mass is 10.3. The smallest absolute Gasteiger partial charge is 0.150 e. The van der Waals surface area contributed by atoms with Crippen molar-refractivity contribution in [2.75, 3.05) is 30.5 Å². The lowest BCUT2D eigenvalue weighted by molar-refractivity contribution is 0.415. The average molecular weight is 257 g/mol. The summed E-state index contributed by atoms with van der Waals surface area (Å²) in [4.78, 5) is 0. The molecule has 0 atom stereocenters. The van der Waals surface area contributed by atoms with Crippen molar-refractivity contribution in [3.8, 4) is 5.75 Å². The number of hydrogen-bond acceptors (Lipinski definition) is 4. The molecule has 0 bridgehead atoms. The molecule has 0 radical (unpaired) electrons. The molecule has 1 aromatic rings. The molecule has 0 heterocycles. The van der Waals surface area contributed by atoms with E-state index < -0.39 is 9.84 Å². The minimum Gasteiger partial charge on any atom is -0.497 e. The molecule has 5 heteroatoms. The summed E-state index contributed by atoms with van der Waals surface area (Å²) in [6, 6.07) is 7.55. The monoisotopic (exact) mass is 257 g/mol. The number of hydrogen-bond donors (Lipinski definition) is 1. The molecule has 1 aromatic carbocycles. The largest absolute Gasteiger partial charge is 0.497 e. The topological polar surface area (TPSA) is 55.4 Å². The first kappa shape index (κ1) is 13.8. The molecule has 0 unspecified atom stereocenters. The number of rotatable bonds is 7. The van der Waals surface area contributed by atoms with Crippen molar-refractivity contribution in [1.29, 1.82) is 0 Å². The van der Waals surface area contributed by atoms with Gasteiger partial charge in [-0.15, -0.1) is 0 Å². The zero-order chi connectivity index (χ0) is 12.7. The predicted octanol–water partition coefficient (Wildman–Crippen LogP) is 1.93. The highest BCUT2D eigenvalue weighted by atomic mass is 32.2. The van der Waals surface area contributed by atoms with Crippen LogP contribution in [0.3, 0.4) is 0 Å². The number of ether oxygens (including phenoxy) is 1. The molecule has 0 spiro atoms.